The number of hydrogen-bond donors (Lipinski definition) is 1. The van der Waals surface area contributed by atoms with Crippen LogP contribution in [0.1, 0.15) is 24.5 Å². The lowest BCUT2D eigenvalue weighted by Crippen LogP contribution is -2.49. The maximum atomic E-state index is 12.1. The van der Waals surface area contributed by atoms with E-state index < -0.39 is 23.5 Å². The standard InChI is InChI=1S/C19H23NO6S/c1-4-12-8-13-11(2)7-18(22)26-16(13)9-15(12)25-10-17(21)20-14(19(23)24)5-6-27-3/h7-9,14H,4-6,10H2,1-3H3,(H,20,21)(H,23,24)/p-1/t14-/m0/s1. The Morgan fingerprint density at radius 3 is 2.70 bits per heavy atom. The van der Waals surface area contributed by atoms with Crippen molar-refractivity contribution in [1.82, 2.24) is 5.32 Å². The first-order valence-electron chi connectivity index (χ1n) is 8.55. The van der Waals surface area contributed by atoms with Gasteiger partial charge in [0.1, 0.15) is 11.3 Å². The lowest BCUT2D eigenvalue weighted by molar-refractivity contribution is -0.308. The number of fused-ring (bicyclic) bond motifs is 1. The molecule has 2 aromatic rings. The summed E-state index contributed by atoms with van der Waals surface area (Å²) in [4.78, 5) is 34.7. The van der Waals surface area contributed by atoms with Gasteiger partial charge in [-0.05, 0) is 49.0 Å². The highest BCUT2D eigenvalue weighted by Gasteiger charge is 2.15. The zero-order valence-corrected chi connectivity index (χ0v) is 16.3. The van der Waals surface area contributed by atoms with Crippen molar-refractivity contribution in [2.75, 3.05) is 18.6 Å². The van der Waals surface area contributed by atoms with Crippen molar-refractivity contribution in [3.63, 3.8) is 0 Å². The Morgan fingerprint density at radius 1 is 1.33 bits per heavy atom. The molecule has 1 atom stereocenters. The number of thioether (sulfide) groups is 1. The number of aliphatic carboxylic acids is 1. The van der Waals surface area contributed by atoms with Gasteiger partial charge in [-0.2, -0.15) is 11.8 Å². The van der Waals surface area contributed by atoms with Crippen molar-refractivity contribution >= 4 is 34.6 Å². The van der Waals surface area contributed by atoms with Crippen molar-refractivity contribution in [3.05, 3.63) is 39.7 Å². The molecular weight excluding hydrogens is 370 g/mol. The molecule has 7 nitrogen and oxygen atoms in total. The smallest absolute Gasteiger partial charge is 0.336 e. The Bertz CT molecular complexity index is 892. The summed E-state index contributed by atoms with van der Waals surface area (Å²) in [6.07, 6.45) is 2.78. The lowest BCUT2D eigenvalue weighted by Gasteiger charge is -2.19. The monoisotopic (exact) mass is 392 g/mol. The maximum Gasteiger partial charge on any atom is 0.336 e. The van der Waals surface area contributed by atoms with E-state index in [9.17, 15) is 19.5 Å². The van der Waals surface area contributed by atoms with Crippen LogP contribution < -0.4 is 20.8 Å². The largest absolute Gasteiger partial charge is 0.548 e. The third kappa shape index (κ3) is 5.50. The van der Waals surface area contributed by atoms with Gasteiger partial charge in [0, 0.05) is 17.5 Å². The second-order valence-electron chi connectivity index (χ2n) is 6.07. The van der Waals surface area contributed by atoms with Crippen molar-refractivity contribution in [2.45, 2.75) is 32.7 Å². The molecule has 0 spiro atoms. The van der Waals surface area contributed by atoms with Crippen LogP contribution in [0.5, 0.6) is 5.75 Å². The second kappa shape index (κ2) is 9.45. The fourth-order valence-corrected chi connectivity index (χ4v) is 3.14. The molecule has 0 saturated heterocycles. The van der Waals surface area contributed by atoms with Gasteiger partial charge in [-0.3, -0.25) is 4.79 Å². The van der Waals surface area contributed by atoms with Gasteiger partial charge >= 0.3 is 5.63 Å². The molecule has 0 unspecified atom stereocenters. The SMILES string of the molecule is CCc1cc2c(C)cc(=O)oc2cc1OCC(=O)N[C@@H](CCSC)C(=O)[O-]. The van der Waals surface area contributed by atoms with Crippen molar-refractivity contribution < 1.29 is 23.8 Å². The van der Waals surface area contributed by atoms with E-state index in [1.807, 2.05) is 26.2 Å². The molecule has 1 heterocycles. The minimum absolute atomic E-state index is 0.274. The molecule has 146 valence electrons. The minimum atomic E-state index is -1.32. The molecule has 27 heavy (non-hydrogen) atoms. The number of ether oxygens (including phenoxy) is 1. The van der Waals surface area contributed by atoms with E-state index in [1.54, 1.807) is 6.07 Å². The van der Waals surface area contributed by atoms with Crippen LogP contribution in [-0.2, 0) is 16.0 Å². The third-order valence-corrected chi connectivity index (χ3v) is 4.75. The Morgan fingerprint density at radius 2 is 2.07 bits per heavy atom. The number of rotatable bonds is 9. The number of benzene rings is 1. The molecule has 0 aliphatic rings. The highest BCUT2D eigenvalue weighted by atomic mass is 32.2. The van der Waals surface area contributed by atoms with Crippen LogP contribution in [-0.4, -0.2) is 36.5 Å². The second-order valence-corrected chi connectivity index (χ2v) is 7.05. The molecule has 1 amide bonds. The van der Waals surface area contributed by atoms with E-state index in [-0.39, 0.29) is 13.0 Å². The van der Waals surface area contributed by atoms with Crippen LogP contribution in [0, 0.1) is 6.92 Å². The Labute approximate surface area is 161 Å². The molecule has 0 aliphatic heterocycles. The van der Waals surface area contributed by atoms with Crippen LogP contribution in [0.15, 0.2) is 27.4 Å². The molecule has 0 saturated carbocycles. The molecule has 1 aromatic carbocycles. The van der Waals surface area contributed by atoms with Crippen LogP contribution in [0.4, 0.5) is 0 Å². The van der Waals surface area contributed by atoms with Crippen LogP contribution in [0.3, 0.4) is 0 Å². The Hall–Kier alpha value is -2.48. The predicted molar refractivity (Wildman–Crippen MR) is 102 cm³/mol. The summed E-state index contributed by atoms with van der Waals surface area (Å²) < 4.78 is 10.8. The number of carboxylic acid groups (broad SMARTS) is 1. The quantitative estimate of drug-likeness (QED) is 0.635. The number of aryl methyl sites for hydroxylation is 2. The molecule has 0 bridgehead atoms. The number of nitrogens with one attached hydrogen (secondary N) is 1. The molecule has 0 aliphatic carbocycles. The maximum absolute atomic E-state index is 12.1. The molecular formula is C19H22NO6S-. The summed E-state index contributed by atoms with van der Waals surface area (Å²) >= 11 is 1.48. The summed E-state index contributed by atoms with van der Waals surface area (Å²) in [7, 11) is 0. The fourth-order valence-electron chi connectivity index (χ4n) is 2.67. The topological polar surface area (TPSA) is 109 Å². The first-order chi connectivity index (χ1) is 12.8. The normalized spacial score (nSPS) is 12.0. The van der Waals surface area contributed by atoms with E-state index in [1.165, 1.54) is 17.8 Å². The summed E-state index contributed by atoms with van der Waals surface area (Å²) in [6.45, 7) is 3.41. The zero-order chi connectivity index (χ0) is 20.0. The number of carboxylic acids is 1. The number of carbonyl (C=O) groups excluding carboxylic acids is 2. The third-order valence-electron chi connectivity index (χ3n) is 4.10. The highest BCUT2D eigenvalue weighted by Crippen LogP contribution is 2.27. The number of carbonyl (C=O) groups is 2. The minimum Gasteiger partial charge on any atom is -0.548 e. The Kier molecular flexibility index (Phi) is 7.29. The van der Waals surface area contributed by atoms with Crippen molar-refractivity contribution in [1.29, 1.82) is 0 Å². The summed E-state index contributed by atoms with van der Waals surface area (Å²) in [5, 5.41) is 14.3. The van der Waals surface area contributed by atoms with Gasteiger partial charge in [-0.25, -0.2) is 4.79 Å². The average molecular weight is 392 g/mol. The van der Waals surface area contributed by atoms with E-state index in [4.69, 9.17) is 9.15 Å². The van der Waals surface area contributed by atoms with E-state index in [2.05, 4.69) is 5.32 Å². The first kappa shape index (κ1) is 20.8. The predicted octanol–water partition coefficient (Wildman–Crippen LogP) is 1.03. The molecule has 1 aromatic heterocycles. The van der Waals surface area contributed by atoms with Crippen molar-refractivity contribution in [3.8, 4) is 5.75 Å². The van der Waals surface area contributed by atoms with Gasteiger partial charge in [-0.1, -0.05) is 6.92 Å². The van der Waals surface area contributed by atoms with Crippen LogP contribution >= 0.6 is 11.8 Å². The van der Waals surface area contributed by atoms with Gasteiger partial charge in [0.2, 0.25) is 0 Å². The average Bonchev–Trinajstić information content (AvgIpc) is 2.62. The van der Waals surface area contributed by atoms with E-state index in [0.29, 0.717) is 23.5 Å². The Balaban J connectivity index is 2.14. The van der Waals surface area contributed by atoms with Crippen LogP contribution in [0.25, 0.3) is 11.0 Å². The summed E-state index contributed by atoms with van der Waals surface area (Å²) in [5.41, 5.74) is 1.57. The van der Waals surface area contributed by atoms with Gasteiger partial charge in [0.05, 0.1) is 12.0 Å². The summed E-state index contributed by atoms with van der Waals surface area (Å²) in [6, 6.07) is 3.81. The molecule has 1 N–H and O–H groups in total. The first-order valence-corrected chi connectivity index (χ1v) is 9.94. The van der Waals surface area contributed by atoms with Gasteiger partial charge in [0.25, 0.3) is 5.91 Å². The fraction of sp³-hybridized carbons (Fsp3) is 0.421. The number of hydrogen-bond acceptors (Lipinski definition) is 7. The van der Waals surface area contributed by atoms with E-state index in [0.717, 1.165) is 16.5 Å². The lowest BCUT2D eigenvalue weighted by atomic mass is 10.1. The summed E-state index contributed by atoms with van der Waals surface area (Å²) in [5.74, 6) is -0.876. The highest BCUT2D eigenvalue weighted by molar-refractivity contribution is 7.98. The van der Waals surface area contributed by atoms with Gasteiger partial charge in [0.15, 0.2) is 6.61 Å². The number of amides is 1. The molecule has 0 radical (unpaired) electrons. The van der Waals surface area contributed by atoms with Gasteiger partial charge in [-0.15, -0.1) is 0 Å². The molecule has 8 heteroatoms. The molecule has 2 rings (SSSR count). The van der Waals surface area contributed by atoms with E-state index >= 15 is 0 Å². The van der Waals surface area contributed by atoms with Gasteiger partial charge < -0.3 is 24.4 Å². The van der Waals surface area contributed by atoms with Crippen LogP contribution in [0.2, 0.25) is 0 Å². The molecule has 0 fully saturated rings. The zero-order valence-electron chi connectivity index (χ0n) is 15.5. The van der Waals surface area contributed by atoms with Crippen molar-refractivity contribution in [2.24, 2.45) is 0 Å².